The first kappa shape index (κ1) is 15.4. The third kappa shape index (κ3) is 5.33. The fraction of sp³-hybridized carbons (Fsp3) is 0.923. The summed E-state index contributed by atoms with van der Waals surface area (Å²) in [6.07, 6.45) is 0.595. The number of nitrogens with two attached hydrogens (primary N) is 1. The third-order valence-corrected chi connectivity index (χ3v) is 2.50. The zero-order chi connectivity index (χ0) is 14.0. The van der Waals surface area contributed by atoms with Gasteiger partial charge in [-0.3, -0.25) is 4.79 Å². The number of hydrogen-bond donors (Lipinski definition) is 1. The lowest BCUT2D eigenvalue weighted by Gasteiger charge is -2.40. The van der Waals surface area contributed by atoms with Gasteiger partial charge in [-0.15, -0.1) is 0 Å². The molecule has 2 N–H and O–H groups in total. The Hall–Kier alpha value is -0.650. The van der Waals surface area contributed by atoms with Crippen molar-refractivity contribution in [3.63, 3.8) is 0 Å². The Labute approximate surface area is 109 Å². The Bertz CT molecular complexity index is 296. The third-order valence-electron chi connectivity index (χ3n) is 2.50. The van der Waals surface area contributed by atoms with Crippen LogP contribution < -0.4 is 5.73 Å². The molecule has 1 heterocycles. The Morgan fingerprint density at radius 2 is 1.89 bits per heavy atom. The van der Waals surface area contributed by atoms with E-state index in [1.807, 2.05) is 34.6 Å². The SMILES string of the molecule is CC(C)(C)OC(=O)CC1CC(CN)OC(C)(C)O1. The van der Waals surface area contributed by atoms with E-state index in [0.29, 0.717) is 13.0 Å². The topological polar surface area (TPSA) is 70.8 Å². The molecule has 0 bridgehead atoms. The number of carbonyl (C=O) groups is 1. The van der Waals surface area contributed by atoms with E-state index in [1.165, 1.54) is 0 Å². The molecule has 0 amide bonds. The highest BCUT2D eigenvalue weighted by molar-refractivity contribution is 5.70. The number of hydrogen-bond acceptors (Lipinski definition) is 5. The first-order valence-corrected chi connectivity index (χ1v) is 6.39. The summed E-state index contributed by atoms with van der Waals surface area (Å²) in [4.78, 5) is 11.8. The van der Waals surface area contributed by atoms with Gasteiger partial charge in [0.1, 0.15) is 5.60 Å². The van der Waals surface area contributed by atoms with Crippen LogP contribution in [0.3, 0.4) is 0 Å². The van der Waals surface area contributed by atoms with Gasteiger partial charge in [0.25, 0.3) is 0 Å². The maximum absolute atomic E-state index is 11.8. The van der Waals surface area contributed by atoms with Crippen molar-refractivity contribution in [1.29, 1.82) is 0 Å². The molecule has 0 spiro atoms. The minimum absolute atomic E-state index is 0.0683. The van der Waals surface area contributed by atoms with Crippen molar-refractivity contribution in [2.24, 2.45) is 5.73 Å². The van der Waals surface area contributed by atoms with Gasteiger partial charge in [0.15, 0.2) is 5.79 Å². The molecule has 5 nitrogen and oxygen atoms in total. The molecule has 0 aromatic rings. The molecular weight excluding hydrogens is 234 g/mol. The lowest BCUT2D eigenvalue weighted by atomic mass is 10.1. The zero-order valence-corrected chi connectivity index (χ0v) is 12.0. The van der Waals surface area contributed by atoms with Crippen LogP contribution in [0.15, 0.2) is 0 Å². The first-order chi connectivity index (χ1) is 8.11. The van der Waals surface area contributed by atoms with Crippen LogP contribution in [0.2, 0.25) is 0 Å². The fourth-order valence-corrected chi connectivity index (χ4v) is 2.06. The molecule has 0 aromatic heterocycles. The van der Waals surface area contributed by atoms with E-state index in [2.05, 4.69) is 0 Å². The quantitative estimate of drug-likeness (QED) is 0.779. The summed E-state index contributed by atoms with van der Waals surface area (Å²) < 4.78 is 16.6. The van der Waals surface area contributed by atoms with Gasteiger partial charge in [-0.1, -0.05) is 0 Å². The van der Waals surface area contributed by atoms with E-state index in [4.69, 9.17) is 19.9 Å². The molecule has 1 fully saturated rings. The van der Waals surface area contributed by atoms with Crippen molar-refractivity contribution in [3.8, 4) is 0 Å². The highest BCUT2D eigenvalue weighted by Gasteiger charge is 2.36. The molecule has 5 heteroatoms. The Balaban J connectivity index is 2.53. The summed E-state index contributed by atoms with van der Waals surface area (Å²) in [7, 11) is 0. The zero-order valence-electron chi connectivity index (χ0n) is 12.0. The van der Waals surface area contributed by atoms with E-state index in [9.17, 15) is 4.79 Å². The van der Waals surface area contributed by atoms with E-state index in [-0.39, 0.29) is 24.6 Å². The molecule has 1 saturated heterocycles. The van der Waals surface area contributed by atoms with Crippen LogP contribution in [0, 0.1) is 0 Å². The molecule has 1 aliphatic rings. The first-order valence-electron chi connectivity index (χ1n) is 6.39. The van der Waals surface area contributed by atoms with Gasteiger partial charge in [-0.2, -0.15) is 0 Å². The van der Waals surface area contributed by atoms with E-state index < -0.39 is 11.4 Å². The molecule has 1 rings (SSSR count). The summed E-state index contributed by atoms with van der Waals surface area (Å²) >= 11 is 0. The Kier molecular flexibility index (Phi) is 4.75. The molecular formula is C13H25NO4. The van der Waals surface area contributed by atoms with Crippen molar-refractivity contribution < 1.29 is 19.0 Å². The molecule has 1 aliphatic heterocycles. The largest absolute Gasteiger partial charge is 0.460 e. The van der Waals surface area contributed by atoms with Crippen molar-refractivity contribution in [1.82, 2.24) is 0 Å². The predicted molar refractivity (Wildman–Crippen MR) is 68.0 cm³/mol. The van der Waals surface area contributed by atoms with Crippen molar-refractivity contribution in [2.75, 3.05) is 6.54 Å². The molecule has 18 heavy (non-hydrogen) atoms. The number of ether oxygens (including phenoxy) is 3. The fourth-order valence-electron chi connectivity index (χ4n) is 2.06. The lowest BCUT2D eigenvalue weighted by molar-refractivity contribution is -0.297. The van der Waals surface area contributed by atoms with Crippen molar-refractivity contribution >= 4 is 5.97 Å². The summed E-state index contributed by atoms with van der Waals surface area (Å²) in [5.41, 5.74) is 5.16. The average Bonchev–Trinajstić information content (AvgIpc) is 2.11. The predicted octanol–water partition coefficient (Wildman–Crippen LogP) is 1.59. The summed E-state index contributed by atoms with van der Waals surface area (Å²) in [5, 5.41) is 0. The maximum atomic E-state index is 11.8. The highest BCUT2D eigenvalue weighted by atomic mass is 16.7. The molecule has 2 atom stereocenters. The van der Waals surface area contributed by atoms with E-state index in [1.54, 1.807) is 0 Å². The van der Waals surface area contributed by atoms with Gasteiger partial charge in [0.05, 0.1) is 18.6 Å². The van der Waals surface area contributed by atoms with Gasteiger partial charge in [-0.25, -0.2) is 0 Å². The van der Waals surface area contributed by atoms with Crippen LogP contribution in [-0.2, 0) is 19.0 Å². The second-order valence-corrected chi connectivity index (χ2v) is 6.14. The average molecular weight is 259 g/mol. The van der Waals surface area contributed by atoms with Crippen molar-refractivity contribution in [3.05, 3.63) is 0 Å². The van der Waals surface area contributed by atoms with Crippen LogP contribution in [0.4, 0.5) is 0 Å². The molecule has 2 unspecified atom stereocenters. The van der Waals surface area contributed by atoms with Crippen LogP contribution in [0.5, 0.6) is 0 Å². The van der Waals surface area contributed by atoms with Gasteiger partial charge >= 0.3 is 5.97 Å². The van der Waals surface area contributed by atoms with Gasteiger partial charge in [-0.05, 0) is 34.6 Å². The summed E-state index contributed by atoms with van der Waals surface area (Å²) in [5.74, 6) is -0.949. The van der Waals surface area contributed by atoms with Crippen LogP contribution >= 0.6 is 0 Å². The molecule has 0 aromatic carbocycles. The molecule has 0 saturated carbocycles. The van der Waals surface area contributed by atoms with E-state index in [0.717, 1.165) is 0 Å². The smallest absolute Gasteiger partial charge is 0.308 e. The molecule has 0 aliphatic carbocycles. The van der Waals surface area contributed by atoms with Gasteiger partial charge < -0.3 is 19.9 Å². The lowest BCUT2D eigenvalue weighted by Crippen LogP contribution is -2.48. The summed E-state index contributed by atoms with van der Waals surface area (Å²) in [6.45, 7) is 9.64. The minimum atomic E-state index is -0.699. The molecule has 106 valence electrons. The normalized spacial score (nSPS) is 27.9. The number of esters is 1. The second-order valence-electron chi connectivity index (χ2n) is 6.14. The van der Waals surface area contributed by atoms with Crippen LogP contribution in [0.25, 0.3) is 0 Å². The van der Waals surface area contributed by atoms with Crippen LogP contribution in [0.1, 0.15) is 47.5 Å². The number of rotatable bonds is 3. The second kappa shape index (κ2) is 5.55. The highest BCUT2D eigenvalue weighted by Crippen LogP contribution is 2.28. The van der Waals surface area contributed by atoms with E-state index >= 15 is 0 Å². The standard InChI is InChI=1S/C13H25NO4/c1-12(2,3)18-11(15)7-9-6-10(8-14)17-13(4,5)16-9/h9-10H,6-8,14H2,1-5H3. The van der Waals surface area contributed by atoms with Crippen LogP contribution in [-0.4, -0.2) is 36.1 Å². The Morgan fingerprint density at radius 3 is 2.39 bits per heavy atom. The number of carbonyl (C=O) groups excluding carboxylic acids is 1. The van der Waals surface area contributed by atoms with Gasteiger partial charge in [0, 0.05) is 13.0 Å². The maximum Gasteiger partial charge on any atom is 0.308 e. The summed E-state index contributed by atoms with van der Waals surface area (Å²) in [6, 6.07) is 0. The molecule has 0 radical (unpaired) electrons. The monoisotopic (exact) mass is 259 g/mol. The van der Waals surface area contributed by atoms with Crippen molar-refractivity contribution in [2.45, 2.75) is 71.1 Å². The Morgan fingerprint density at radius 1 is 1.33 bits per heavy atom. The van der Waals surface area contributed by atoms with Gasteiger partial charge in [0.2, 0.25) is 0 Å². The minimum Gasteiger partial charge on any atom is -0.460 e.